The van der Waals surface area contributed by atoms with E-state index in [0.717, 1.165) is 6.07 Å². The Kier molecular flexibility index (Phi) is 5.43. The van der Waals surface area contributed by atoms with Gasteiger partial charge in [0.2, 0.25) is 0 Å². The van der Waals surface area contributed by atoms with Gasteiger partial charge in [0.25, 0.3) is 5.91 Å². The Labute approximate surface area is 124 Å². The summed E-state index contributed by atoms with van der Waals surface area (Å²) in [6.45, 7) is 2.48. The van der Waals surface area contributed by atoms with Crippen LogP contribution in [0.25, 0.3) is 0 Å². The van der Waals surface area contributed by atoms with E-state index in [0.29, 0.717) is 0 Å². The number of amides is 3. The molecule has 6 nitrogen and oxygen atoms in total. The molecule has 0 bridgehead atoms. The highest BCUT2D eigenvalue weighted by molar-refractivity contribution is 6.31. The maximum atomic E-state index is 13.4. The standard InChI is InChI=1S/C13H12ClFN2O4/c1-6(7(2)12(19)20)11(18)17-13(21)16-10-5-8(14)3-4-9(10)15/h3-5H,1-2H3,(H,19,20)(H2,16,17,18,21). The fraction of sp³-hybridized carbons (Fsp3) is 0.154. The van der Waals surface area contributed by atoms with Crippen LogP contribution >= 0.6 is 11.6 Å². The molecule has 3 amide bonds. The van der Waals surface area contributed by atoms with Gasteiger partial charge < -0.3 is 10.4 Å². The Bertz CT molecular complexity index is 643. The van der Waals surface area contributed by atoms with Gasteiger partial charge in [0, 0.05) is 16.2 Å². The molecule has 1 aromatic rings. The molecule has 0 heterocycles. The van der Waals surface area contributed by atoms with Gasteiger partial charge in [-0.3, -0.25) is 10.1 Å². The van der Waals surface area contributed by atoms with E-state index in [1.54, 1.807) is 0 Å². The quantitative estimate of drug-likeness (QED) is 0.747. The zero-order valence-electron chi connectivity index (χ0n) is 11.2. The molecule has 0 spiro atoms. The zero-order valence-corrected chi connectivity index (χ0v) is 11.9. The molecule has 0 saturated carbocycles. The molecule has 0 aromatic heterocycles. The van der Waals surface area contributed by atoms with E-state index in [2.05, 4.69) is 5.32 Å². The molecule has 0 saturated heterocycles. The van der Waals surface area contributed by atoms with Crippen molar-refractivity contribution in [2.45, 2.75) is 13.8 Å². The predicted molar refractivity (Wildman–Crippen MR) is 74.6 cm³/mol. The number of anilines is 1. The highest BCUT2D eigenvalue weighted by atomic mass is 35.5. The number of imide groups is 1. The molecule has 8 heteroatoms. The second-order valence-electron chi connectivity index (χ2n) is 4.09. The van der Waals surface area contributed by atoms with Gasteiger partial charge in [-0.2, -0.15) is 0 Å². The number of aliphatic carboxylic acids is 1. The first-order valence-electron chi connectivity index (χ1n) is 5.70. The van der Waals surface area contributed by atoms with Gasteiger partial charge in [-0.1, -0.05) is 11.6 Å². The highest BCUT2D eigenvalue weighted by Gasteiger charge is 2.16. The van der Waals surface area contributed by atoms with E-state index in [1.165, 1.54) is 26.0 Å². The number of benzene rings is 1. The van der Waals surface area contributed by atoms with Crippen molar-refractivity contribution in [2.24, 2.45) is 0 Å². The highest BCUT2D eigenvalue weighted by Crippen LogP contribution is 2.19. The minimum Gasteiger partial charge on any atom is -0.478 e. The molecule has 0 aliphatic carbocycles. The lowest BCUT2D eigenvalue weighted by Crippen LogP contribution is -2.35. The number of carbonyl (C=O) groups is 3. The first-order valence-corrected chi connectivity index (χ1v) is 6.08. The van der Waals surface area contributed by atoms with E-state index in [9.17, 15) is 18.8 Å². The fourth-order valence-corrected chi connectivity index (χ4v) is 1.45. The molecule has 0 aliphatic rings. The zero-order chi connectivity index (χ0) is 16.2. The fourth-order valence-electron chi connectivity index (χ4n) is 1.27. The largest absolute Gasteiger partial charge is 0.478 e. The molecule has 0 radical (unpaired) electrons. The van der Waals surface area contributed by atoms with Crippen molar-refractivity contribution in [1.29, 1.82) is 0 Å². The number of carboxylic acid groups (broad SMARTS) is 1. The molecular formula is C13H12ClFN2O4. The minimum atomic E-state index is -1.27. The van der Waals surface area contributed by atoms with Crippen molar-refractivity contribution in [3.8, 4) is 0 Å². The first-order chi connectivity index (χ1) is 9.72. The van der Waals surface area contributed by atoms with Crippen LogP contribution in [0.15, 0.2) is 29.3 Å². The van der Waals surface area contributed by atoms with E-state index < -0.39 is 23.7 Å². The van der Waals surface area contributed by atoms with Gasteiger partial charge in [0.1, 0.15) is 5.82 Å². The van der Waals surface area contributed by atoms with Crippen molar-refractivity contribution in [3.05, 3.63) is 40.2 Å². The number of carbonyl (C=O) groups excluding carboxylic acids is 2. The second-order valence-corrected chi connectivity index (χ2v) is 4.52. The van der Waals surface area contributed by atoms with Crippen molar-refractivity contribution < 1.29 is 23.9 Å². The van der Waals surface area contributed by atoms with Crippen LogP contribution in [0.4, 0.5) is 14.9 Å². The number of rotatable bonds is 3. The molecule has 1 rings (SSSR count). The van der Waals surface area contributed by atoms with Crippen molar-refractivity contribution in [2.75, 3.05) is 5.32 Å². The summed E-state index contributed by atoms with van der Waals surface area (Å²) in [5.74, 6) is -2.89. The molecule has 0 atom stereocenters. The summed E-state index contributed by atoms with van der Waals surface area (Å²) in [6.07, 6.45) is 0. The Morgan fingerprint density at radius 2 is 1.81 bits per heavy atom. The smallest absolute Gasteiger partial charge is 0.331 e. The summed E-state index contributed by atoms with van der Waals surface area (Å²) in [7, 11) is 0. The van der Waals surface area contributed by atoms with E-state index >= 15 is 0 Å². The average Bonchev–Trinajstić information content (AvgIpc) is 2.40. The molecule has 0 unspecified atom stereocenters. The van der Waals surface area contributed by atoms with Crippen LogP contribution in [0.3, 0.4) is 0 Å². The third kappa shape index (κ3) is 4.57. The summed E-state index contributed by atoms with van der Waals surface area (Å²) >= 11 is 5.65. The number of hydrogen-bond donors (Lipinski definition) is 3. The van der Waals surface area contributed by atoms with Gasteiger partial charge in [-0.25, -0.2) is 14.0 Å². The van der Waals surface area contributed by atoms with Crippen molar-refractivity contribution in [3.63, 3.8) is 0 Å². The molecule has 3 N–H and O–H groups in total. The van der Waals surface area contributed by atoms with E-state index in [4.69, 9.17) is 16.7 Å². The van der Waals surface area contributed by atoms with Crippen LogP contribution in [0.2, 0.25) is 5.02 Å². The maximum absolute atomic E-state index is 13.4. The lowest BCUT2D eigenvalue weighted by molar-refractivity contribution is -0.133. The summed E-state index contributed by atoms with van der Waals surface area (Å²) in [5, 5.41) is 12.9. The maximum Gasteiger partial charge on any atom is 0.331 e. The molecule has 1 aromatic carbocycles. The Morgan fingerprint density at radius 3 is 2.38 bits per heavy atom. The monoisotopic (exact) mass is 314 g/mol. The minimum absolute atomic E-state index is 0.135. The average molecular weight is 315 g/mol. The molecule has 0 aliphatic heterocycles. The summed E-state index contributed by atoms with van der Waals surface area (Å²) in [4.78, 5) is 33.9. The van der Waals surface area contributed by atoms with Crippen LogP contribution < -0.4 is 10.6 Å². The van der Waals surface area contributed by atoms with Gasteiger partial charge in [-0.05, 0) is 32.0 Å². The van der Waals surface area contributed by atoms with Crippen LogP contribution in [0.1, 0.15) is 13.8 Å². The van der Waals surface area contributed by atoms with Gasteiger partial charge in [0.05, 0.1) is 5.69 Å². The second kappa shape index (κ2) is 6.85. The number of carboxylic acids is 1. The summed E-state index contributed by atoms with van der Waals surface area (Å²) < 4.78 is 13.4. The van der Waals surface area contributed by atoms with Crippen LogP contribution in [-0.4, -0.2) is 23.0 Å². The summed E-state index contributed by atoms with van der Waals surface area (Å²) in [5.41, 5.74) is -0.539. The lowest BCUT2D eigenvalue weighted by Gasteiger charge is -2.09. The molecule has 112 valence electrons. The molecule has 0 fully saturated rings. The lowest BCUT2D eigenvalue weighted by atomic mass is 10.1. The van der Waals surface area contributed by atoms with Gasteiger partial charge in [-0.15, -0.1) is 0 Å². The van der Waals surface area contributed by atoms with E-state index in [-0.39, 0.29) is 21.9 Å². The van der Waals surface area contributed by atoms with E-state index in [1.807, 2.05) is 5.32 Å². The first kappa shape index (κ1) is 16.6. The SMILES string of the molecule is CC(C(=O)O)=C(C)C(=O)NC(=O)Nc1cc(Cl)ccc1F. The molecule has 21 heavy (non-hydrogen) atoms. The number of hydrogen-bond acceptors (Lipinski definition) is 3. The van der Waals surface area contributed by atoms with Crippen LogP contribution in [0.5, 0.6) is 0 Å². The Hall–Kier alpha value is -2.41. The van der Waals surface area contributed by atoms with Gasteiger partial charge >= 0.3 is 12.0 Å². The Morgan fingerprint density at radius 1 is 1.19 bits per heavy atom. The number of urea groups is 1. The van der Waals surface area contributed by atoms with Crippen LogP contribution in [-0.2, 0) is 9.59 Å². The normalized spacial score (nSPS) is 11.4. The number of halogens is 2. The van der Waals surface area contributed by atoms with Gasteiger partial charge in [0.15, 0.2) is 0 Å². The predicted octanol–water partition coefficient (Wildman–Crippen LogP) is 2.55. The molecular weight excluding hydrogens is 303 g/mol. The third-order valence-corrected chi connectivity index (χ3v) is 2.86. The van der Waals surface area contributed by atoms with Crippen molar-refractivity contribution in [1.82, 2.24) is 5.32 Å². The third-order valence-electron chi connectivity index (χ3n) is 2.63. The Balaban J connectivity index is 2.79. The van der Waals surface area contributed by atoms with Crippen LogP contribution in [0, 0.1) is 5.82 Å². The summed E-state index contributed by atoms with van der Waals surface area (Å²) in [6, 6.07) is 2.53. The van der Waals surface area contributed by atoms with Crippen molar-refractivity contribution >= 4 is 35.2 Å². The topological polar surface area (TPSA) is 95.5 Å². The number of nitrogens with one attached hydrogen (secondary N) is 2.